The molecule has 0 aliphatic rings. The second-order valence-corrected chi connectivity index (χ2v) is 6.22. The van der Waals surface area contributed by atoms with Gasteiger partial charge in [0.05, 0.1) is 18.1 Å². The average molecular weight is 378 g/mol. The number of nitrogens with one attached hydrogen (secondary N) is 1. The molecule has 9 nitrogen and oxygen atoms in total. The molecular weight excluding hydrogens is 360 g/mol. The minimum absolute atomic E-state index is 0.0328. The summed E-state index contributed by atoms with van der Waals surface area (Å²) in [5.41, 5.74) is 3.08. The molecule has 2 aromatic heterocycles. The van der Waals surface area contributed by atoms with E-state index in [-0.39, 0.29) is 6.42 Å². The predicted octanol–water partition coefficient (Wildman–Crippen LogP) is 1.73. The van der Waals surface area contributed by atoms with Crippen LogP contribution in [0.2, 0.25) is 0 Å². The van der Waals surface area contributed by atoms with Crippen molar-refractivity contribution < 1.29 is 14.3 Å². The summed E-state index contributed by atoms with van der Waals surface area (Å²) in [6, 6.07) is 8.39. The van der Waals surface area contributed by atoms with Crippen molar-refractivity contribution in [2.24, 2.45) is 0 Å². The first kappa shape index (κ1) is 19.0. The maximum atomic E-state index is 12.3. The van der Waals surface area contributed by atoms with Crippen molar-refractivity contribution >= 4 is 23.3 Å². The fraction of sp³-hybridized carbons (Fsp3) is 0.263. The van der Waals surface area contributed by atoms with Gasteiger partial charge in [0.1, 0.15) is 6.33 Å². The van der Waals surface area contributed by atoms with Gasteiger partial charge in [-0.1, -0.05) is 0 Å². The van der Waals surface area contributed by atoms with Gasteiger partial charge in [0.15, 0.2) is 6.10 Å². The van der Waals surface area contributed by atoms with Crippen LogP contribution in [0.4, 0.5) is 5.69 Å². The van der Waals surface area contributed by atoms with Gasteiger partial charge in [0.25, 0.3) is 11.7 Å². The Morgan fingerprint density at radius 2 is 2.00 bits per heavy atom. The fourth-order valence-electron chi connectivity index (χ4n) is 2.72. The van der Waals surface area contributed by atoms with Crippen LogP contribution in [0.25, 0.3) is 5.78 Å². The van der Waals surface area contributed by atoms with Crippen LogP contribution in [0, 0.1) is 25.2 Å². The lowest BCUT2D eigenvalue weighted by atomic mass is 10.1. The number of hydrogen-bond donors (Lipinski definition) is 1. The van der Waals surface area contributed by atoms with Crippen LogP contribution in [0.3, 0.4) is 0 Å². The van der Waals surface area contributed by atoms with Crippen LogP contribution in [-0.2, 0) is 20.7 Å². The van der Waals surface area contributed by atoms with Gasteiger partial charge in [-0.25, -0.2) is 9.50 Å². The van der Waals surface area contributed by atoms with Gasteiger partial charge in [0, 0.05) is 22.6 Å². The van der Waals surface area contributed by atoms with E-state index in [1.807, 2.05) is 13.0 Å². The van der Waals surface area contributed by atoms with Crippen molar-refractivity contribution in [1.82, 2.24) is 19.6 Å². The molecule has 2 heterocycles. The normalized spacial score (nSPS) is 11.6. The molecule has 3 aromatic rings. The number of amides is 1. The largest absolute Gasteiger partial charge is 0.452 e. The Kier molecular flexibility index (Phi) is 5.31. The van der Waals surface area contributed by atoms with E-state index in [4.69, 9.17) is 10.00 Å². The predicted molar refractivity (Wildman–Crippen MR) is 99.3 cm³/mol. The Morgan fingerprint density at radius 1 is 1.29 bits per heavy atom. The number of fused-ring (bicyclic) bond motifs is 1. The number of nitrogens with zero attached hydrogens (tertiary/aromatic N) is 5. The molecular formula is C19H18N6O3. The molecule has 0 fully saturated rings. The van der Waals surface area contributed by atoms with Gasteiger partial charge in [-0.2, -0.15) is 15.3 Å². The van der Waals surface area contributed by atoms with E-state index in [0.717, 1.165) is 5.69 Å². The Morgan fingerprint density at radius 3 is 2.68 bits per heavy atom. The monoisotopic (exact) mass is 378 g/mol. The first-order valence-corrected chi connectivity index (χ1v) is 8.55. The van der Waals surface area contributed by atoms with Gasteiger partial charge in [-0.15, -0.1) is 0 Å². The molecule has 1 atom stereocenters. The average Bonchev–Trinajstić information content (AvgIpc) is 3.14. The lowest BCUT2D eigenvalue weighted by molar-refractivity contribution is -0.152. The highest BCUT2D eigenvalue weighted by atomic mass is 16.5. The van der Waals surface area contributed by atoms with E-state index < -0.39 is 18.0 Å². The minimum Gasteiger partial charge on any atom is -0.452 e. The first-order valence-electron chi connectivity index (χ1n) is 8.55. The Balaban J connectivity index is 1.64. The molecule has 0 aliphatic heterocycles. The number of carbonyl (C=O) groups is 2. The molecule has 0 radical (unpaired) electrons. The summed E-state index contributed by atoms with van der Waals surface area (Å²) < 4.78 is 6.81. The van der Waals surface area contributed by atoms with Crippen molar-refractivity contribution in [3.05, 3.63) is 53.1 Å². The van der Waals surface area contributed by atoms with Gasteiger partial charge >= 0.3 is 5.97 Å². The van der Waals surface area contributed by atoms with E-state index in [1.54, 1.807) is 35.7 Å². The summed E-state index contributed by atoms with van der Waals surface area (Å²) in [7, 11) is 0. The third-order valence-electron chi connectivity index (χ3n) is 4.27. The number of esters is 1. The fourth-order valence-corrected chi connectivity index (χ4v) is 2.72. The van der Waals surface area contributed by atoms with Crippen molar-refractivity contribution in [2.75, 3.05) is 5.32 Å². The van der Waals surface area contributed by atoms with E-state index in [9.17, 15) is 9.59 Å². The molecule has 142 valence electrons. The third kappa shape index (κ3) is 3.96. The maximum Gasteiger partial charge on any atom is 0.311 e. The number of aromatic nitrogens is 4. The second kappa shape index (κ2) is 7.84. The number of anilines is 1. The lowest BCUT2D eigenvalue weighted by Crippen LogP contribution is -2.30. The number of rotatable bonds is 5. The number of hydrogen-bond acceptors (Lipinski definition) is 7. The van der Waals surface area contributed by atoms with Crippen molar-refractivity contribution in [3.63, 3.8) is 0 Å². The second-order valence-electron chi connectivity index (χ2n) is 6.22. The standard InChI is InChI=1S/C19H18N6O3/c1-11-16(12(2)25-19(23-11)21-10-22-25)8-17(26)28-13(3)18(27)24-15-6-4-14(9-20)5-7-15/h4-7,10,13H,8H2,1-3H3,(H,24,27)/t13-/m1/s1. The van der Waals surface area contributed by atoms with Gasteiger partial charge in [-0.3, -0.25) is 9.59 Å². The molecule has 28 heavy (non-hydrogen) atoms. The zero-order chi connectivity index (χ0) is 20.3. The number of carbonyl (C=O) groups excluding carboxylic acids is 2. The zero-order valence-corrected chi connectivity index (χ0v) is 15.6. The highest BCUT2D eigenvalue weighted by Crippen LogP contribution is 2.15. The topological polar surface area (TPSA) is 122 Å². The minimum atomic E-state index is -0.980. The van der Waals surface area contributed by atoms with Crippen molar-refractivity contribution in [3.8, 4) is 6.07 Å². The zero-order valence-electron chi connectivity index (χ0n) is 15.6. The molecule has 9 heteroatoms. The molecule has 0 saturated carbocycles. The Hall–Kier alpha value is -3.80. The van der Waals surface area contributed by atoms with Crippen LogP contribution in [0.1, 0.15) is 29.4 Å². The molecule has 3 rings (SSSR count). The summed E-state index contributed by atoms with van der Waals surface area (Å²) in [5, 5.41) is 15.5. The van der Waals surface area contributed by atoms with E-state index in [0.29, 0.717) is 28.3 Å². The highest BCUT2D eigenvalue weighted by Gasteiger charge is 2.21. The van der Waals surface area contributed by atoms with Crippen LogP contribution in [0.15, 0.2) is 30.6 Å². The number of aryl methyl sites for hydroxylation is 2. The van der Waals surface area contributed by atoms with Crippen molar-refractivity contribution in [2.45, 2.75) is 33.3 Å². The van der Waals surface area contributed by atoms with Gasteiger partial charge < -0.3 is 10.1 Å². The Bertz CT molecular complexity index is 1080. The highest BCUT2D eigenvalue weighted by molar-refractivity contribution is 5.95. The maximum absolute atomic E-state index is 12.3. The smallest absolute Gasteiger partial charge is 0.311 e. The lowest BCUT2D eigenvalue weighted by Gasteiger charge is -2.15. The number of ether oxygens (including phenoxy) is 1. The van der Waals surface area contributed by atoms with E-state index in [1.165, 1.54) is 13.3 Å². The van der Waals surface area contributed by atoms with E-state index in [2.05, 4.69) is 20.4 Å². The Labute approximate surface area is 161 Å². The molecule has 0 unspecified atom stereocenters. The van der Waals surface area contributed by atoms with E-state index >= 15 is 0 Å². The SMILES string of the molecule is Cc1nc2ncnn2c(C)c1CC(=O)O[C@H](C)C(=O)Nc1ccc(C#N)cc1. The van der Waals surface area contributed by atoms with Gasteiger partial charge in [0.2, 0.25) is 0 Å². The number of benzene rings is 1. The molecule has 1 amide bonds. The van der Waals surface area contributed by atoms with Crippen molar-refractivity contribution in [1.29, 1.82) is 5.26 Å². The summed E-state index contributed by atoms with van der Waals surface area (Å²) in [4.78, 5) is 32.9. The quantitative estimate of drug-likeness (QED) is 0.671. The molecule has 0 bridgehead atoms. The molecule has 0 aliphatic carbocycles. The summed E-state index contributed by atoms with van der Waals surface area (Å²) >= 11 is 0. The molecule has 0 saturated heterocycles. The van der Waals surface area contributed by atoms with Crippen LogP contribution in [0.5, 0.6) is 0 Å². The summed E-state index contributed by atoms with van der Waals surface area (Å²) in [5.74, 6) is -0.548. The van der Waals surface area contributed by atoms with Gasteiger partial charge in [-0.05, 0) is 45.0 Å². The number of nitriles is 1. The summed E-state index contributed by atoms with van der Waals surface area (Å²) in [6.45, 7) is 5.10. The first-order chi connectivity index (χ1) is 13.4. The molecule has 0 spiro atoms. The third-order valence-corrected chi connectivity index (χ3v) is 4.27. The van der Waals surface area contributed by atoms with Crippen LogP contribution < -0.4 is 5.32 Å². The molecule has 1 N–H and O–H groups in total. The van der Waals surface area contributed by atoms with Crippen LogP contribution in [-0.4, -0.2) is 37.6 Å². The van der Waals surface area contributed by atoms with Crippen LogP contribution >= 0.6 is 0 Å². The summed E-state index contributed by atoms with van der Waals surface area (Å²) in [6.07, 6.45) is 0.383. The molecule has 1 aromatic carbocycles.